The average Bonchev–Trinajstić information content (AvgIpc) is 2.93. The van der Waals surface area contributed by atoms with Crippen molar-refractivity contribution < 1.29 is 22.7 Å². The van der Waals surface area contributed by atoms with Gasteiger partial charge >= 0.3 is 0 Å². The lowest BCUT2D eigenvalue weighted by molar-refractivity contribution is -0.139. The number of carbonyl (C=O) groups is 2. The van der Waals surface area contributed by atoms with Gasteiger partial charge in [0.05, 0.1) is 11.9 Å². The number of carbonyl (C=O) groups excluding carboxylic acids is 2. The highest BCUT2D eigenvalue weighted by atomic mass is 32.2. The molecule has 9 heteroatoms. The number of hydrogen-bond donors (Lipinski definition) is 1. The maximum atomic E-state index is 13.6. The van der Waals surface area contributed by atoms with E-state index >= 15 is 0 Å². The first-order valence-corrected chi connectivity index (χ1v) is 14.9. The van der Waals surface area contributed by atoms with Gasteiger partial charge in [0.15, 0.2) is 0 Å². The molecule has 0 saturated carbocycles. The van der Waals surface area contributed by atoms with Crippen molar-refractivity contribution in [1.82, 2.24) is 10.2 Å². The summed E-state index contributed by atoms with van der Waals surface area (Å²) in [5.41, 5.74) is 2.37. The second kappa shape index (κ2) is 14.3. The number of benzene rings is 3. The molecule has 1 atom stereocenters. The second-order valence-electron chi connectivity index (χ2n) is 9.18. The molecule has 3 rings (SSSR count). The van der Waals surface area contributed by atoms with Gasteiger partial charge in [-0.3, -0.25) is 13.9 Å². The van der Waals surface area contributed by atoms with E-state index in [1.807, 2.05) is 74.5 Å². The van der Waals surface area contributed by atoms with Gasteiger partial charge in [0, 0.05) is 13.1 Å². The lowest BCUT2D eigenvalue weighted by Crippen LogP contribution is -2.53. The molecule has 0 spiro atoms. The van der Waals surface area contributed by atoms with Crippen LogP contribution in [0.2, 0.25) is 0 Å². The molecule has 0 aliphatic heterocycles. The van der Waals surface area contributed by atoms with E-state index in [-0.39, 0.29) is 12.5 Å². The van der Waals surface area contributed by atoms with Crippen molar-refractivity contribution in [3.8, 4) is 5.75 Å². The molecule has 0 aliphatic rings. The maximum absolute atomic E-state index is 13.6. The van der Waals surface area contributed by atoms with Gasteiger partial charge in [0.1, 0.15) is 24.9 Å². The van der Waals surface area contributed by atoms with Crippen LogP contribution in [0, 0.1) is 0 Å². The number of nitrogens with zero attached hydrogens (tertiary/aromatic N) is 2. The maximum Gasteiger partial charge on any atom is 0.244 e. The molecular formula is C30H37N3O5S. The Balaban J connectivity index is 1.79. The molecule has 0 radical (unpaired) electrons. The first-order valence-electron chi connectivity index (χ1n) is 13.1. The van der Waals surface area contributed by atoms with Gasteiger partial charge in [-0.15, -0.1) is 0 Å². The summed E-state index contributed by atoms with van der Waals surface area (Å²) in [6, 6.07) is 25.3. The van der Waals surface area contributed by atoms with Crippen molar-refractivity contribution in [2.75, 3.05) is 30.2 Å². The Morgan fingerprint density at radius 3 is 2.00 bits per heavy atom. The molecule has 208 valence electrons. The lowest BCUT2D eigenvalue weighted by atomic mass is 10.1. The summed E-state index contributed by atoms with van der Waals surface area (Å²) < 4.78 is 32.4. The average molecular weight is 552 g/mol. The highest BCUT2D eigenvalue weighted by molar-refractivity contribution is 7.92. The highest BCUT2D eigenvalue weighted by Gasteiger charge is 2.31. The van der Waals surface area contributed by atoms with E-state index in [9.17, 15) is 18.0 Å². The molecule has 1 N–H and O–H groups in total. The monoisotopic (exact) mass is 551 g/mol. The summed E-state index contributed by atoms with van der Waals surface area (Å²) in [5, 5.41) is 2.80. The largest absolute Gasteiger partial charge is 0.489 e. The standard InChI is InChI=1S/C30H37N3O5S/c1-4-28(30(35)31-5-2)32(21-20-24-12-8-6-9-13-24)29(34)22-33(39(3,36)37)26-16-18-27(19-17-26)38-23-25-14-10-7-11-15-25/h6-19,28H,4-5,20-23H2,1-3H3,(H,31,35). The van der Waals surface area contributed by atoms with Crippen LogP contribution < -0.4 is 14.4 Å². The Morgan fingerprint density at radius 2 is 1.46 bits per heavy atom. The summed E-state index contributed by atoms with van der Waals surface area (Å²) in [7, 11) is -3.80. The Kier molecular flexibility index (Phi) is 10.9. The number of anilines is 1. The third-order valence-electron chi connectivity index (χ3n) is 6.27. The van der Waals surface area contributed by atoms with Crippen LogP contribution in [0.25, 0.3) is 0 Å². The van der Waals surface area contributed by atoms with E-state index in [1.54, 1.807) is 24.3 Å². The van der Waals surface area contributed by atoms with Gasteiger partial charge in [0.25, 0.3) is 0 Å². The SMILES string of the molecule is CCNC(=O)C(CC)N(CCc1ccccc1)C(=O)CN(c1ccc(OCc2ccccc2)cc1)S(C)(=O)=O. The van der Waals surface area contributed by atoms with Crippen LogP contribution in [-0.4, -0.2) is 57.1 Å². The Labute approximate surface area is 231 Å². The molecule has 0 aliphatic carbocycles. The van der Waals surface area contributed by atoms with Crippen molar-refractivity contribution in [3.05, 3.63) is 96.1 Å². The molecule has 0 aromatic heterocycles. The molecule has 0 saturated heterocycles. The van der Waals surface area contributed by atoms with E-state index in [0.717, 1.165) is 21.7 Å². The van der Waals surface area contributed by atoms with Gasteiger partial charge in [0.2, 0.25) is 21.8 Å². The van der Waals surface area contributed by atoms with E-state index < -0.39 is 28.5 Å². The fourth-order valence-electron chi connectivity index (χ4n) is 4.25. The Morgan fingerprint density at radius 1 is 0.872 bits per heavy atom. The molecule has 8 nitrogen and oxygen atoms in total. The fraction of sp³-hybridized carbons (Fsp3) is 0.333. The van der Waals surface area contributed by atoms with Gasteiger partial charge in [-0.2, -0.15) is 0 Å². The van der Waals surface area contributed by atoms with Crippen molar-refractivity contribution >= 4 is 27.5 Å². The molecule has 0 bridgehead atoms. The summed E-state index contributed by atoms with van der Waals surface area (Å²) in [6.07, 6.45) is 2.00. The van der Waals surface area contributed by atoms with E-state index in [0.29, 0.717) is 37.4 Å². The molecule has 0 heterocycles. The van der Waals surface area contributed by atoms with Crippen LogP contribution in [-0.2, 0) is 32.6 Å². The molecular weight excluding hydrogens is 514 g/mol. The minimum Gasteiger partial charge on any atom is -0.489 e. The summed E-state index contributed by atoms with van der Waals surface area (Å²) in [5.74, 6) is -0.125. The minimum atomic E-state index is -3.80. The summed E-state index contributed by atoms with van der Waals surface area (Å²) >= 11 is 0. The van der Waals surface area contributed by atoms with Crippen molar-refractivity contribution in [1.29, 1.82) is 0 Å². The molecule has 39 heavy (non-hydrogen) atoms. The first kappa shape index (κ1) is 29.7. The number of sulfonamides is 1. The molecule has 0 fully saturated rings. The van der Waals surface area contributed by atoms with Crippen LogP contribution in [0.3, 0.4) is 0 Å². The van der Waals surface area contributed by atoms with Crippen LogP contribution in [0.15, 0.2) is 84.9 Å². The second-order valence-corrected chi connectivity index (χ2v) is 11.1. The zero-order chi connectivity index (χ0) is 28.3. The molecule has 3 aromatic rings. The fourth-order valence-corrected chi connectivity index (χ4v) is 5.10. The minimum absolute atomic E-state index is 0.257. The van der Waals surface area contributed by atoms with Gasteiger partial charge in [-0.1, -0.05) is 67.6 Å². The number of hydrogen-bond acceptors (Lipinski definition) is 5. The number of likely N-dealkylation sites (N-methyl/N-ethyl adjacent to an activating group) is 1. The number of nitrogens with one attached hydrogen (secondary N) is 1. The quantitative estimate of drug-likeness (QED) is 0.327. The third kappa shape index (κ3) is 8.85. The summed E-state index contributed by atoms with van der Waals surface area (Å²) in [4.78, 5) is 28.0. The number of rotatable bonds is 14. The van der Waals surface area contributed by atoms with E-state index in [4.69, 9.17) is 4.74 Å². The Hall–Kier alpha value is -3.85. The predicted octanol–water partition coefficient (Wildman–Crippen LogP) is 4.02. The van der Waals surface area contributed by atoms with Gasteiger partial charge in [-0.05, 0) is 55.2 Å². The van der Waals surface area contributed by atoms with Crippen LogP contribution in [0.5, 0.6) is 5.75 Å². The normalized spacial score (nSPS) is 11.9. The zero-order valence-corrected chi connectivity index (χ0v) is 23.6. The highest BCUT2D eigenvalue weighted by Crippen LogP contribution is 2.23. The molecule has 1 unspecified atom stereocenters. The number of ether oxygens (including phenoxy) is 1. The molecule has 2 amide bonds. The van der Waals surface area contributed by atoms with Gasteiger partial charge in [-0.25, -0.2) is 8.42 Å². The van der Waals surface area contributed by atoms with Gasteiger partial charge < -0.3 is 15.0 Å². The summed E-state index contributed by atoms with van der Waals surface area (Å²) in [6.45, 7) is 4.33. The van der Waals surface area contributed by atoms with E-state index in [1.165, 1.54) is 4.90 Å². The predicted molar refractivity (Wildman–Crippen MR) is 154 cm³/mol. The van der Waals surface area contributed by atoms with Crippen LogP contribution in [0.1, 0.15) is 31.4 Å². The first-order chi connectivity index (χ1) is 18.7. The van der Waals surface area contributed by atoms with Crippen molar-refractivity contribution in [2.24, 2.45) is 0 Å². The topological polar surface area (TPSA) is 96.0 Å². The van der Waals surface area contributed by atoms with Crippen molar-refractivity contribution in [3.63, 3.8) is 0 Å². The zero-order valence-electron chi connectivity index (χ0n) is 22.7. The van der Waals surface area contributed by atoms with Crippen LogP contribution >= 0.6 is 0 Å². The van der Waals surface area contributed by atoms with Crippen LogP contribution in [0.4, 0.5) is 5.69 Å². The van der Waals surface area contributed by atoms with E-state index in [2.05, 4.69) is 5.32 Å². The number of amides is 2. The lowest BCUT2D eigenvalue weighted by Gasteiger charge is -2.32. The third-order valence-corrected chi connectivity index (χ3v) is 7.41. The molecule has 3 aromatic carbocycles. The Bertz CT molecular complexity index is 1300. The smallest absolute Gasteiger partial charge is 0.244 e. The van der Waals surface area contributed by atoms with Crippen molar-refractivity contribution in [2.45, 2.75) is 39.3 Å².